The molecule has 1 rings (SSSR count). The lowest BCUT2D eigenvalue weighted by molar-refractivity contribution is -0.123. The van der Waals surface area contributed by atoms with Crippen LogP contribution in [0.25, 0.3) is 0 Å². The van der Waals surface area contributed by atoms with E-state index >= 15 is 0 Å². The average Bonchev–Trinajstić information content (AvgIpc) is 2.44. The van der Waals surface area contributed by atoms with Crippen molar-refractivity contribution in [2.45, 2.75) is 25.4 Å². The summed E-state index contributed by atoms with van der Waals surface area (Å²) in [6.07, 6.45) is 2.70. The molecular weight excluding hydrogens is 260 g/mol. The molecule has 0 aliphatic rings. The molecule has 0 aliphatic carbocycles. The Balaban J connectivity index is 2.58. The van der Waals surface area contributed by atoms with E-state index in [-0.39, 0.29) is 11.9 Å². The normalized spacial score (nSPS) is 13.7. The Morgan fingerprint density at radius 3 is 2.89 bits per heavy atom. The zero-order chi connectivity index (χ0) is 14.3. The smallest absolute Gasteiger partial charge is 0.237 e. The number of hydrogen-bond donors (Lipinski definition) is 2. The summed E-state index contributed by atoms with van der Waals surface area (Å²) < 4.78 is 5.17. The molecule has 2 atom stereocenters. The van der Waals surface area contributed by atoms with Gasteiger partial charge in [-0.2, -0.15) is 11.8 Å². The van der Waals surface area contributed by atoms with Gasteiger partial charge in [0.25, 0.3) is 0 Å². The van der Waals surface area contributed by atoms with Gasteiger partial charge in [0.05, 0.1) is 19.2 Å². The average molecular weight is 282 g/mol. The fraction of sp³-hybridized carbons (Fsp3) is 0.500. The van der Waals surface area contributed by atoms with Crippen LogP contribution in [0.2, 0.25) is 0 Å². The predicted octanol–water partition coefficient (Wildman–Crippen LogP) is 1.95. The molecule has 1 unspecified atom stereocenters. The van der Waals surface area contributed by atoms with Crippen molar-refractivity contribution in [2.75, 3.05) is 19.1 Å². The van der Waals surface area contributed by atoms with Crippen molar-refractivity contribution < 1.29 is 9.53 Å². The number of amides is 1. The van der Waals surface area contributed by atoms with Crippen molar-refractivity contribution in [2.24, 2.45) is 5.73 Å². The molecule has 0 aromatic heterocycles. The van der Waals surface area contributed by atoms with E-state index in [1.165, 1.54) is 0 Å². The molecule has 0 bridgehead atoms. The van der Waals surface area contributed by atoms with E-state index in [0.29, 0.717) is 6.42 Å². The van der Waals surface area contributed by atoms with Crippen LogP contribution in [0.3, 0.4) is 0 Å². The van der Waals surface area contributed by atoms with Crippen LogP contribution in [0, 0.1) is 0 Å². The summed E-state index contributed by atoms with van der Waals surface area (Å²) in [5.41, 5.74) is 6.84. The van der Waals surface area contributed by atoms with Crippen molar-refractivity contribution >= 4 is 17.7 Å². The molecule has 19 heavy (non-hydrogen) atoms. The van der Waals surface area contributed by atoms with Crippen molar-refractivity contribution in [1.29, 1.82) is 0 Å². The zero-order valence-corrected chi connectivity index (χ0v) is 12.5. The van der Waals surface area contributed by atoms with Gasteiger partial charge in [0, 0.05) is 0 Å². The van der Waals surface area contributed by atoms with Gasteiger partial charge in [-0.3, -0.25) is 4.79 Å². The summed E-state index contributed by atoms with van der Waals surface area (Å²) in [6.45, 7) is 1.94. The molecule has 0 spiro atoms. The monoisotopic (exact) mass is 282 g/mol. The molecule has 1 amide bonds. The standard InChI is InChI=1S/C14H22N2O2S/c1-10(11-5-4-6-12(9-11)18-2)16-14(17)13(15)7-8-19-3/h4-6,9-10,13H,7-8,15H2,1-3H3,(H,16,17)/t10?,13-/m1/s1. The highest BCUT2D eigenvalue weighted by Gasteiger charge is 2.16. The number of nitrogens with two attached hydrogens (primary N) is 1. The molecule has 106 valence electrons. The number of nitrogens with one attached hydrogen (secondary N) is 1. The Hall–Kier alpha value is -1.20. The van der Waals surface area contributed by atoms with Gasteiger partial charge in [-0.1, -0.05) is 12.1 Å². The second kappa shape index (κ2) is 8.07. The molecule has 5 heteroatoms. The van der Waals surface area contributed by atoms with Crippen LogP contribution in [-0.4, -0.2) is 31.1 Å². The maximum Gasteiger partial charge on any atom is 0.237 e. The van der Waals surface area contributed by atoms with Gasteiger partial charge in [-0.05, 0) is 43.0 Å². The maximum atomic E-state index is 11.9. The summed E-state index contributed by atoms with van der Waals surface area (Å²) in [4.78, 5) is 11.9. The number of thioether (sulfide) groups is 1. The topological polar surface area (TPSA) is 64.3 Å². The van der Waals surface area contributed by atoms with E-state index in [1.807, 2.05) is 37.4 Å². The number of carbonyl (C=O) groups is 1. The third kappa shape index (κ3) is 5.12. The first-order valence-corrected chi connectivity index (χ1v) is 7.66. The van der Waals surface area contributed by atoms with Crippen LogP contribution < -0.4 is 15.8 Å². The minimum absolute atomic E-state index is 0.0806. The molecule has 0 saturated heterocycles. The largest absolute Gasteiger partial charge is 0.497 e. The Kier molecular flexibility index (Phi) is 6.73. The van der Waals surface area contributed by atoms with E-state index in [9.17, 15) is 4.79 Å². The lowest BCUT2D eigenvalue weighted by Gasteiger charge is -2.18. The van der Waals surface area contributed by atoms with E-state index < -0.39 is 6.04 Å². The molecule has 1 aromatic carbocycles. The van der Waals surface area contributed by atoms with Gasteiger partial charge in [0.2, 0.25) is 5.91 Å². The van der Waals surface area contributed by atoms with Crippen LogP contribution in [0.4, 0.5) is 0 Å². The van der Waals surface area contributed by atoms with E-state index in [2.05, 4.69) is 5.32 Å². The maximum absolute atomic E-state index is 11.9. The fourth-order valence-corrected chi connectivity index (χ4v) is 2.18. The lowest BCUT2D eigenvalue weighted by atomic mass is 10.1. The molecule has 4 nitrogen and oxygen atoms in total. The number of methoxy groups -OCH3 is 1. The molecule has 0 saturated carbocycles. The van der Waals surface area contributed by atoms with Crippen molar-refractivity contribution in [3.8, 4) is 5.75 Å². The van der Waals surface area contributed by atoms with Crippen LogP contribution in [0.15, 0.2) is 24.3 Å². The van der Waals surface area contributed by atoms with Crippen LogP contribution >= 0.6 is 11.8 Å². The highest BCUT2D eigenvalue weighted by atomic mass is 32.2. The molecule has 0 heterocycles. The summed E-state index contributed by atoms with van der Waals surface area (Å²) in [7, 11) is 1.63. The van der Waals surface area contributed by atoms with Gasteiger partial charge < -0.3 is 15.8 Å². The second-order valence-corrected chi connectivity index (χ2v) is 5.38. The number of rotatable bonds is 7. The number of benzene rings is 1. The minimum Gasteiger partial charge on any atom is -0.497 e. The summed E-state index contributed by atoms with van der Waals surface area (Å²) >= 11 is 1.69. The van der Waals surface area contributed by atoms with Gasteiger partial charge in [0.1, 0.15) is 5.75 Å². The fourth-order valence-electron chi connectivity index (χ4n) is 1.69. The molecule has 3 N–H and O–H groups in total. The number of hydrogen-bond acceptors (Lipinski definition) is 4. The number of carbonyl (C=O) groups excluding carboxylic acids is 1. The van der Waals surface area contributed by atoms with Gasteiger partial charge in [0.15, 0.2) is 0 Å². The van der Waals surface area contributed by atoms with Crippen molar-refractivity contribution in [3.63, 3.8) is 0 Å². The summed E-state index contributed by atoms with van der Waals surface area (Å²) in [5, 5.41) is 2.93. The van der Waals surface area contributed by atoms with Gasteiger partial charge in [-0.25, -0.2) is 0 Å². The predicted molar refractivity (Wildman–Crippen MR) is 80.5 cm³/mol. The lowest BCUT2D eigenvalue weighted by Crippen LogP contribution is -2.41. The highest BCUT2D eigenvalue weighted by molar-refractivity contribution is 7.98. The summed E-state index contributed by atoms with van der Waals surface area (Å²) in [6, 6.07) is 7.13. The Labute approximate surface area is 119 Å². The van der Waals surface area contributed by atoms with Crippen LogP contribution in [0.5, 0.6) is 5.75 Å². The third-order valence-electron chi connectivity index (χ3n) is 2.92. The number of ether oxygens (including phenoxy) is 1. The van der Waals surface area contributed by atoms with Crippen LogP contribution in [-0.2, 0) is 4.79 Å². The van der Waals surface area contributed by atoms with Crippen LogP contribution in [0.1, 0.15) is 24.9 Å². The first-order chi connectivity index (χ1) is 9.08. The van der Waals surface area contributed by atoms with Gasteiger partial charge >= 0.3 is 0 Å². The molecular formula is C14H22N2O2S. The molecule has 0 radical (unpaired) electrons. The molecule has 0 aliphatic heterocycles. The molecule has 0 fully saturated rings. The Morgan fingerprint density at radius 2 is 2.26 bits per heavy atom. The van der Waals surface area contributed by atoms with Crippen molar-refractivity contribution in [3.05, 3.63) is 29.8 Å². The van der Waals surface area contributed by atoms with E-state index in [4.69, 9.17) is 10.5 Å². The summed E-state index contributed by atoms with van der Waals surface area (Å²) in [5.74, 6) is 1.57. The Bertz CT molecular complexity index is 412. The van der Waals surface area contributed by atoms with Gasteiger partial charge in [-0.15, -0.1) is 0 Å². The minimum atomic E-state index is -0.444. The zero-order valence-electron chi connectivity index (χ0n) is 11.7. The highest BCUT2D eigenvalue weighted by Crippen LogP contribution is 2.18. The first-order valence-electron chi connectivity index (χ1n) is 6.27. The Morgan fingerprint density at radius 1 is 1.53 bits per heavy atom. The first kappa shape index (κ1) is 15.9. The molecule has 1 aromatic rings. The second-order valence-electron chi connectivity index (χ2n) is 4.39. The SMILES string of the molecule is COc1cccc(C(C)NC(=O)[C@H](N)CCSC)c1. The van der Waals surface area contributed by atoms with E-state index in [0.717, 1.165) is 17.1 Å². The third-order valence-corrected chi connectivity index (χ3v) is 3.57. The van der Waals surface area contributed by atoms with E-state index in [1.54, 1.807) is 18.9 Å². The quantitative estimate of drug-likeness (QED) is 0.802. The van der Waals surface area contributed by atoms with Crippen molar-refractivity contribution in [1.82, 2.24) is 5.32 Å².